The van der Waals surface area contributed by atoms with Gasteiger partial charge in [0.1, 0.15) is 5.75 Å². The minimum absolute atomic E-state index is 0.0442. The molecule has 0 saturated heterocycles. The minimum atomic E-state index is -0.438. The number of aromatic hydroxyl groups is 1. The Kier molecular flexibility index (Phi) is 3.54. The van der Waals surface area contributed by atoms with E-state index < -0.39 is 5.97 Å². The van der Waals surface area contributed by atoms with Gasteiger partial charge in [0.2, 0.25) is 0 Å². The van der Waals surface area contributed by atoms with Crippen molar-refractivity contribution in [3.8, 4) is 17.2 Å². The Bertz CT molecular complexity index is 698. The zero-order valence-corrected chi connectivity index (χ0v) is 11.5. The zero-order valence-electron chi connectivity index (χ0n) is 11.5. The van der Waals surface area contributed by atoms with Crippen molar-refractivity contribution in [1.82, 2.24) is 0 Å². The van der Waals surface area contributed by atoms with E-state index in [2.05, 4.69) is 4.74 Å². The fourth-order valence-corrected chi connectivity index (χ4v) is 2.21. The number of fused-ring (bicyclic) bond motifs is 1. The standard InChI is InChI=1S/C15H13BO5/c1-19-15(18)9-3-2-4-11(5-9)21-14-7-12-10(6-13(14)17)8-20-16-12/h2-7,16-17H,8H2,1H3. The summed E-state index contributed by atoms with van der Waals surface area (Å²) < 4.78 is 15.6. The average Bonchev–Trinajstić information content (AvgIpc) is 2.94. The van der Waals surface area contributed by atoms with E-state index >= 15 is 0 Å². The van der Waals surface area contributed by atoms with E-state index in [-0.39, 0.29) is 5.75 Å². The Morgan fingerprint density at radius 2 is 2.19 bits per heavy atom. The number of carbonyl (C=O) groups excluding carboxylic acids is 1. The van der Waals surface area contributed by atoms with E-state index in [1.807, 2.05) is 0 Å². The van der Waals surface area contributed by atoms with Gasteiger partial charge in [0, 0.05) is 0 Å². The fraction of sp³-hybridized carbons (Fsp3) is 0.133. The molecule has 6 heteroatoms. The molecular weight excluding hydrogens is 271 g/mol. The molecule has 1 heterocycles. The lowest BCUT2D eigenvalue weighted by Gasteiger charge is -2.10. The highest BCUT2D eigenvalue weighted by Gasteiger charge is 2.17. The lowest BCUT2D eigenvalue weighted by Crippen LogP contribution is -2.11. The quantitative estimate of drug-likeness (QED) is 0.683. The van der Waals surface area contributed by atoms with Gasteiger partial charge in [-0.2, -0.15) is 0 Å². The molecule has 0 radical (unpaired) electrons. The van der Waals surface area contributed by atoms with Crippen LogP contribution in [0.2, 0.25) is 0 Å². The lowest BCUT2D eigenvalue weighted by atomic mass is 9.87. The predicted octanol–water partition coefficient (Wildman–Crippen LogP) is 1.48. The third-order valence-corrected chi connectivity index (χ3v) is 3.28. The molecule has 1 aliphatic rings. The van der Waals surface area contributed by atoms with E-state index in [1.165, 1.54) is 7.11 Å². The highest BCUT2D eigenvalue weighted by molar-refractivity contribution is 6.49. The van der Waals surface area contributed by atoms with Gasteiger partial charge >= 0.3 is 13.5 Å². The highest BCUT2D eigenvalue weighted by atomic mass is 16.5. The maximum absolute atomic E-state index is 11.5. The summed E-state index contributed by atoms with van der Waals surface area (Å²) in [6.07, 6.45) is 0. The first-order chi connectivity index (χ1) is 10.2. The van der Waals surface area contributed by atoms with Crippen LogP contribution < -0.4 is 10.2 Å². The van der Waals surface area contributed by atoms with Crippen molar-refractivity contribution in [3.63, 3.8) is 0 Å². The molecule has 0 bridgehead atoms. The summed E-state index contributed by atoms with van der Waals surface area (Å²) in [6.45, 7) is 0.501. The monoisotopic (exact) mass is 284 g/mol. The van der Waals surface area contributed by atoms with E-state index in [0.29, 0.717) is 31.2 Å². The van der Waals surface area contributed by atoms with E-state index in [9.17, 15) is 9.90 Å². The van der Waals surface area contributed by atoms with Gasteiger partial charge in [0.15, 0.2) is 11.5 Å². The van der Waals surface area contributed by atoms with Crippen LogP contribution in [0.3, 0.4) is 0 Å². The minimum Gasteiger partial charge on any atom is -0.504 e. The molecule has 106 valence electrons. The van der Waals surface area contributed by atoms with Crippen molar-refractivity contribution in [2.45, 2.75) is 6.61 Å². The Balaban J connectivity index is 1.89. The molecule has 0 unspecified atom stereocenters. The van der Waals surface area contributed by atoms with Crippen molar-refractivity contribution in [2.75, 3.05) is 7.11 Å². The SMILES string of the molecule is COC(=O)c1cccc(Oc2cc3c(cc2O)COB3)c1. The second kappa shape index (κ2) is 5.50. The maximum atomic E-state index is 11.5. The fourth-order valence-electron chi connectivity index (χ4n) is 2.21. The van der Waals surface area contributed by atoms with E-state index in [1.54, 1.807) is 36.4 Å². The third-order valence-electron chi connectivity index (χ3n) is 3.28. The number of ether oxygens (including phenoxy) is 2. The van der Waals surface area contributed by atoms with E-state index in [4.69, 9.17) is 9.39 Å². The summed E-state index contributed by atoms with van der Waals surface area (Å²) in [5.74, 6) is 0.392. The number of phenolic OH excluding ortho intramolecular Hbond substituents is 1. The van der Waals surface area contributed by atoms with Gasteiger partial charge in [-0.15, -0.1) is 0 Å². The van der Waals surface area contributed by atoms with Gasteiger partial charge in [-0.05, 0) is 41.4 Å². The Morgan fingerprint density at radius 3 is 3.00 bits per heavy atom. The maximum Gasteiger partial charge on any atom is 0.337 e. The van der Waals surface area contributed by atoms with Crippen LogP contribution >= 0.6 is 0 Å². The summed E-state index contributed by atoms with van der Waals surface area (Å²) >= 11 is 0. The van der Waals surface area contributed by atoms with Crippen molar-refractivity contribution in [3.05, 3.63) is 47.5 Å². The van der Waals surface area contributed by atoms with Gasteiger partial charge in [-0.3, -0.25) is 0 Å². The van der Waals surface area contributed by atoms with Crippen LogP contribution in [0, 0.1) is 0 Å². The number of methoxy groups -OCH3 is 1. The van der Waals surface area contributed by atoms with Crippen molar-refractivity contribution >= 4 is 18.9 Å². The molecule has 5 nitrogen and oxygen atoms in total. The molecule has 2 aromatic rings. The summed E-state index contributed by atoms with van der Waals surface area (Å²) in [5.41, 5.74) is 2.34. The number of phenols is 1. The molecular formula is C15H13BO5. The molecule has 1 N–H and O–H groups in total. The van der Waals surface area contributed by atoms with Crippen LogP contribution in [0.15, 0.2) is 36.4 Å². The lowest BCUT2D eigenvalue weighted by molar-refractivity contribution is 0.0600. The Morgan fingerprint density at radius 1 is 1.33 bits per heavy atom. The molecule has 21 heavy (non-hydrogen) atoms. The van der Waals surface area contributed by atoms with Crippen LogP contribution in [-0.2, 0) is 16.0 Å². The molecule has 2 aromatic carbocycles. The van der Waals surface area contributed by atoms with Crippen molar-refractivity contribution in [2.24, 2.45) is 0 Å². The molecule has 0 aliphatic carbocycles. The smallest absolute Gasteiger partial charge is 0.337 e. The van der Waals surface area contributed by atoms with Crippen LogP contribution in [0.4, 0.5) is 0 Å². The molecule has 1 aliphatic heterocycles. The van der Waals surface area contributed by atoms with Gasteiger partial charge in [-0.1, -0.05) is 6.07 Å². The molecule has 0 amide bonds. The number of hydrogen-bond donors (Lipinski definition) is 1. The summed E-state index contributed by atoms with van der Waals surface area (Å²) in [7, 11) is 1.83. The second-order valence-corrected chi connectivity index (χ2v) is 4.70. The van der Waals surface area contributed by atoms with Gasteiger partial charge in [-0.25, -0.2) is 4.79 Å². The number of carbonyl (C=O) groups is 1. The number of rotatable bonds is 3. The molecule has 0 aromatic heterocycles. The average molecular weight is 284 g/mol. The number of esters is 1. The highest BCUT2D eigenvalue weighted by Crippen LogP contribution is 2.32. The topological polar surface area (TPSA) is 65.0 Å². The summed E-state index contributed by atoms with van der Waals surface area (Å²) in [5, 5.41) is 9.99. The van der Waals surface area contributed by atoms with Gasteiger partial charge in [0.05, 0.1) is 19.3 Å². The first kappa shape index (κ1) is 13.5. The largest absolute Gasteiger partial charge is 0.504 e. The van der Waals surface area contributed by atoms with E-state index in [0.717, 1.165) is 11.0 Å². The molecule has 0 atom stereocenters. The van der Waals surface area contributed by atoms with Crippen molar-refractivity contribution in [1.29, 1.82) is 0 Å². The first-order valence-electron chi connectivity index (χ1n) is 6.46. The van der Waals surface area contributed by atoms with Crippen LogP contribution in [0.5, 0.6) is 17.2 Å². The van der Waals surface area contributed by atoms with Crippen LogP contribution in [-0.4, -0.2) is 25.7 Å². The Labute approximate surface area is 122 Å². The molecule has 0 spiro atoms. The molecule has 0 fully saturated rings. The number of hydrogen-bond acceptors (Lipinski definition) is 5. The predicted molar refractivity (Wildman–Crippen MR) is 77.5 cm³/mol. The molecule has 0 saturated carbocycles. The first-order valence-corrected chi connectivity index (χ1v) is 6.46. The number of benzene rings is 2. The van der Waals surface area contributed by atoms with Gasteiger partial charge < -0.3 is 19.2 Å². The normalized spacial score (nSPS) is 12.4. The zero-order chi connectivity index (χ0) is 14.8. The Hall–Kier alpha value is -2.47. The third kappa shape index (κ3) is 2.71. The van der Waals surface area contributed by atoms with Crippen LogP contribution in [0.1, 0.15) is 15.9 Å². The van der Waals surface area contributed by atoms with Crippen LogP contribution in [0.25, 0.3) is 0 Å². The second-order valence-electron chi connectivity index (χ2n) is 4.70. The summed E-state index contributed by atoms with van der Waals surface area (Å²) in [4.78, 5) is 11.5. The summed E-state index contributed by atoms with van der Waals surface area (Å²) in [6, 6.07) is 9.99. The van der Waals surface area contributed by atoms with Gasteiger partial charge in [0.25, 0.3) is 0 Å². The van der Waals surface area contributed by atoms with Crippen molar-refractivity contribution < 1.29 is 24.0 Å². The molecule has 3 rings (SSSR count).